The summed E-state index contributed by atoms with van der Waals surface area (Å²) in [5, 5.41) is 9.06. The van der Waals surface area contributed by atoms with Gasteiger partial charge in [0, 0.05) is 24.5 Å². The summed E-state index contributed by atoms with van der Waals surface area (Å²) in [7, 11) is 2.12. The second-order valence-electron chi connectivity index (χ2n) is 6.39. The Morgan fingerprint density at radius 2 is 1.95 bits per heavy atom. The minimum Gasteiger partial charge on any atom is -0.398 e. The lowest BCUT2D eigenvalue weighted by Gasteiger charge is -2.39. The Kier molecular flexibility index (Phi) is 3.71. The first-order valence-corrected chi connectivity index (χ1v) is 6.95. The molecule has 0 heterocycles. The van der Waals surface area contributed by atoms with Crippen LogP contribution in [0.1, 0.15) is 45.1 Å². The molecular formula is C16H23N3. The highest BCUT2D eigenvalue weighted by Crippen LogP contribution is 2.37. The van der Waals surface area contributed by atoms with Crippen molar-refractivity contribution >= 4 is 11.4 Å². The van der Waals surface area contributed by atoms with E-state index >= 15 is 0 Å². The number of hydrogen-bond donors (Lipinski definition) is 1. The highest BCUT2D eigenvalue weighted by atomic mass is 15.1. The molecule has 0 aromatic heterocycles. The molecule has 0 atom stereocenters. The van der Waals surface area contributed by atoms with Crippen LogP contribution in [-0.4, -0.2) is 13.1 Å². The molecule has 3 heteroatoms. The summed E-state index contributed by atoms with van der Waals surface area (Å²) >= 11 is 0. The number of rotatable bonds is 2. The van der Waals surface area contributed by atoms with Crippen molar-refractivity contribution in [2.75, 3.05) is 17.7 Å². The van der Waals surface area contributed by atoms with E-state index in [2.05, 4.69) is 31.9 Å². The zero-order valence-electron chi connectivity index (χ0n) is 12.1. The molecule has 1 aromatic carbocycles. The van der Waals surface area contributed by atoms with Crippen molar-refractivity contribution in [2.24, 2.45) is 5.41 Å². The molecule has 1 aliphatic rings. The number of nitriles is 1. The first-order chi connectivity index (χ1) is 8.93. The molecule has 0 bridgehead atoms. The van der Waals surface area contributed by atoms with Crippen LogP contribution in [-0.2, 0) is 0 Å². The predicted octanol–water partition coefficient (Wildman–Crippen LogP) is 3.55. The van der Waals surface area contributed by atoms with Crippen molar-refractivity contribution in [3.8, 4) is 6.07 Å². The van der Waals surface area contributed by atoms with Crippen LogP contribution in [0.4, 0.5) is 11.4 Å². The predicted molar refractivity (Wildman–Crippen MR) is 80.0 cm³/mol. The molecule has 1 fully saturated rings. The zero-order chi connectivity index (χ0) is 14.0. The van der Waals surface area contributed by atoms with E-state index in [-0.39, 0.29) is 0 Å². The summed E-state index contributed by atoms with van der Waals surface area (Å²) < 4.78 is 0. The molecule has 19 heavy (non-hydrogen) atoms. The van der Waals surface area contributed by atoms with E-state index in [0.29, 0.717) is 22.7 Å². The lowest BCUT2D eigenvalue weighted by Crippen LogP contribution is -2.37. The van der Waals surface area contributed by atoms with Gasteiger partial charge < -0.3 is 10.6 Å². The fraction of sp³-hybridized carbons (Fsp3) is 0.562. The fourth-order valence-electron chi connectivity index (χ4n) is 2.84. The average Bonchev–Trinajstić information content (AvgIpc) is 2.38. The summed E-state index contributed by atoms with van der Waals surface area (Å²) in [5.41, 5.74) is 8.48. The molecule has 3 nitrogen and oxygen atoms in total. The monoisotopic (exact) mass is 257 g/mol. The Morgan fingerprint density at radius 3 is 2.53 bits per heavy atom. The lowest BCUT2D eigenvalue weighted by atomic mass is 9.75. The van der Waals surface area contributed by atoms with Gasteiger partial charge in [-0.3, -0.25) is 0 Å². The van der Waals surface area contributed by atoms with Gasteiger partial charge in [-0.1, -0.05) is 13.8 Å². The van der Waals surface area contributed by atoms with Crippen LogP contribution in [0.5, 0.6) is 0 Å². The van der Waals surface area contributed by atoms with E-state index in [9.17, 15) is 0 Å². The van der Waals surface area contributed by atoms with Crippen molar-refractivity contribution in [1.29, 1.82) is 5.26 Å². The van der Waals surface area contributed by atoms with Crippen LogP contribution in [0.15, 0.2) is 18.2 Å². The molecule has 1 aliphatic carbocycles. The molecule has 2 N–H and O–H groups in total. The number of hydrogen-bond acceptors (Lipinski definition) is 3. The van der Waals surface area contributed by atoms with Gasteiger partial charge in [0.15, 0.2) is 0 Å². The molecule has 1 aromatic rings. The van der Waals surface area contributed by atoms with Gasteiger partial charge in [0.25, 0.3) is 0 Å². The second kappa shape index (κ2) is 5.13. The van der Waals surface area contributed by atoms with E-state index in [1.165, 1.54) is 25.7 Å². The van der Waals surface area contributed by atoms with Crippen molar-refractivity contribution in [3.63, 3.8) is 0 Å². The maximum atomic E-state index is 9.06. The molecule has 102 valence electrons. The first kappa shape index (κ1) is 13.7. The number of anilines is 2. The van der Waals surface area contributed by atoms with E-state index in [0.717, 1.165) is 5.69 Å². The van der Waals surface area contributed by atoms with Gasteiger partial charge in [-0.15, -0.1) is 0 Å². The van der Waals surface area contributed by atoms with Gasteiger partial charge in [0.05, 0.1) is 5.56 Å². The molecule has 0 spiro atoms. The summed E-state index contributed by atoms with van der Waals surface area (Å²) in [4.78, 5) is 2.30. The molecule has 0 unspecified atom stereocenters. The normalized spacial score (nSPS) is 18.8. The van der Waals surface area contributed by atoms with E-state index in [4.69, 9.17) is 11.0 Å². The Labute approximate surface area is 116 Å². The number of benzene rings is 1. The van der Waals surface area contributed by atoms with Crippen molar-refractivity contribution in [2.45, 2.75) is 45.6 Å². The van der Waals surface area contributed by atoms with Crippen LogP contribution in [0.3, 0.4) is 0 Å². The van der Waals surface area contributed by atoms with Crippen molar-refractivity contribution < 1.29 is 0 Å². The average molecular weight is 257 g/mol. The minimum atomic E-state index is 0.482. The standard InChI is InChI=1S/C16H23N3/c1-16(2)8-6-13(7-9-16)19(3)14-4-5-15(18)12(10-14)11-17/h4-5,10,13H,6-9,18H2,1-3H3. The quantitative estimate of drug-likeness (QED) is 0.824. The Morgan fingerprint density at radius 1 is 1.32 bits per heavy atom. The van der Waals surface area contributed by atoms with Crippen LogP contribution >= 0.6 is 0 Å². The maximum absolute atomic E-state index is 9.06. The summed E-state index contributed by atoms with van der Waals surface area (Å²) in [6, 6.07) is 8.47. The summed E-state index contributed by atoms with van der Waals surface area (Å²) in [6.07, 6.45) is 4.97. The van der Waals surface area contributed by atoms with Gasteiger partial charge in [-0.05, 0) is 49.3 Å². The van der Waals surface area contributed by atoms with Crippen LogP contribution < -0.4 is 10.6 Å². The molecule has 0 aliphatic heterocycles. The van der Waals surface area contributed by atoms with Crippen LogP contribution in [0.2, 0.25) is 0 Å². The SMILES string of the molecule is CN(c1ccc(N)c(C#N)c1)C1CCC(C)(C)CC1. The topological polar surface area (TPSA) is 53.0 Å². The molecule has 0 amide bonds. The molecule has 1 saturated carbocycles. The summed E-state index contributed by atoms with van der Waals surface area (Å²) in [5.74, 6) is 0. The smallest absolute Gasteiger partial charge is 0.101 e. The Hall–Kier alpha value is -1.69. The van der Waals surface area contributed by atoms with E-state index < -0.39 is 0 Å². The van der Waals surface area contributed by atoms with Crippen molar-refractivity contribution in [3.05, 3.63) is 23.8 Å². The van der Waals surface area contributed by atoms with Crippen LogP contribution in [0, 0.1) is 16.7 Å². The summed E-state index contributed by atoms with van der Waals surface area (Å²) in [6.45, 7) is 4.69. The van der Waals surface area contributed by atoms with Gasteiger partial charge in [0.2, 0.25) is 0 Å². The maximum Gasteiger partial charge on any atom is 0.101 e. The van der Waals surface area contributed by atoms with E-state index in [1.54, 1.807) is 0 Å². The highest BCUT2D eigenvalue weighted by molar-refractivity contribution is 5.62. The number of nitrogens with two attached hydrogens (primary N) is 1. The second-order valence-corrected chi connectivity index (χ2v) is 6.39. The molecular weight excluding hydrogens is 234 g/mol. The van der Waals surface area contributed by atoms with Gasteiger partial charge >= 0.3 is 0 Å². The molecule has 0 saturated heterocycles. The molecule has 0 radical (unpaired) electrons. The fourth-order valence-corrected chi connectivity index (χ4v) is 2.84. The lowest BCUT2D eigenvalue weighted by molar-refractivity contribution is 0.222. The number of nitrogens with zero attached hydrogens (tertiary/aromatic N) is 2. The largest absolute Gasteiger partial charge is 0.398 e. The number of nitrogen functional groups attached to an aromatic ring is 1. The third kappa shape index (κ3) is 3.01. The van der Waals surface area contributed by atoms with Gasteiger partial charge in [0.1, 0.15) is 6.07 Å². The highest BCUT2D eigenvalue weighted by Gasteiger charge is 2.29. The minimum absolute atomic E-state index is 0.482. The Balaban J connectivity index is 2.12. The van der Waals surface area contributed by atoms with Crippen molar-refractivity contribution in [1.82, 2.24) is 0 Å². The third-order valence-corrected chi connectivity index (χ3v) is 4.42. The van der Waals surface area contributed by atoms with E-state index in [1.807, 2.05) is 18.2 Å². The van der Waals surface area contributed by atoms with Gasteiger partial charge in [-0.25, -0.2) is 0 Å². The Bertz CT molecular complexity index is 489. The zero-order valence-corrected chi connectivity index (χ0v) is 12.1. The third-order valence-electron chi connectivity index (χ3n) is 4.42. The van der Waals surface area contributed by atoms with Gasteiger partial charge in [-0.2, -0.15) is 5.26 Å². The van der Waals surface area contributed by atoms with Crippen LogP contribution in [0.25, 0.3) is 0 Å². The first-order valence-electron chi connectivity index (χ1n) is 6.95. The molecule has 2 rings (SSSR count).